The van der Waals surface area contributed by atoms with Crippen molar-refractivity contribution in [2.75, 3.05) is 18.0 Å². The summed E-state index contributed by atoms with van der Waals surface area (Å²) in [6.45, 7) is 4.93. The van der Waals surface area contributed by atoms with E-state index in [1.54, 1.807) is 4.90 Å². The van der Waals surface area contributed by atoms with E-state index < -0.39 is 11.9 Å². The zero-order valence-electron chi connectivity index (χ0n) is 11.6. The quantitative estimate of drug-likeness (QED) is 0.624. The molecule has 0 radical (unpaired) electrons. The van der Waals surface area contributed by atoms with Crippen LogP contribution in [0.15, 0.2) is 12.1 Å². The van der Waals surface area contributed by atoms with Crippen LogP contribution in [0.25, 0.3) is 0 Å². The highest BCUT2D eigenvalue weighted by atomic mass is 19.4. The van der Waals surface area contributed by atoms with Crippen molar-refractivity contribution in [2.45, 2.75) is 32.9 Å². The summed E-state index contributed by atoms with van der Waals surface area (Å²) in [5, 5.41) is 7.48. The summed E-state index contributed by atoms with van der Waals surface area (Å²) in [7, 11) is 0. The topological polar surface area (TPSA) is 66.0 Å². The van der Waals surface area contributed by atoms with Gasteiger partial charge in [-0.05, 0) is 25.5 Å². The van der Waals surface area contributed by atoms with Gasteiger partial charge >= 0.3 is 6.18 Å². The Morgan fingerprint density at radius 3 is 2.45 bits per heavy atom. The third-order valence-electron chi connectivity index (χ3n) is 2.92. The molecule has 0 aromatic carbocycles. The number of nitrogens with zero attached hydrogens (tertiary/aromatic N) is 2. The second-order valence-corrected chi connectivity index (χ2v) is 4.41. The van der Waals surface area contributed by atoms with E-state index in [0.717, 1.165) is 18.9 Å². The Hall–Kier alpha value is -1.79. The minimum atomic E-state index is -4.51. The normalized spacial score (nSPS) is 11.4. The maximum Gasteiger partial charge on any atom is 0.433 e. The van der Waals surface area contributed by atoms with Crippen LogP contribution >= 0.6 is 0 Å². The van der Waals surface area contributed by atoms with Crippen molar-refractivity contribution < 1.29 is 13.2 Å². The second kappa shape index (κ2) is 6.58. The lowest BCUT2D eigenvalue weighted by atomic mass is 10.2. The van der Waals surface area contributed by atoms with Crippen molar-refractivity contribution in [3.8, 4) is 0 Å². The second-order valence-electron chi connectivity index (χ2n) is 4.41. The van der Waals surface area contributed by atoms with Crippen LogP contribution in [0.3, 0.4) is 0 Å². The lowest BCUT2D eigenvalue weighted by molar-refractivity contribution is -0.141. The highest BCUT2D eigenvalue weighted by molar-refractivity contribution is 5.99. The molecule has 0 spiro atoms. The number of nitrogens with two attached hydrogens (primary N) is 1. The van der Waals surface area contributed by atoms with Crippen molar-refractivity contribution in [3.63, 3.8) is 0 Å². The number of hydrogen-bond acceptors (Lipinski definition) is 3. The van der Waals surface area contributed by atoms with E-state index in [1.807, 2.05) is 13.8 Å². The van der Waals surface area contributed by atoms with Gasteiger partial charge in [0.1, 0.15) is 17.3 Å². The predicted octanol–water partition coefficient (Wildman–Crippen LogP) is 3.01. The molecule has 0 amide bonds. The zero-order chi connectivity index (χ0) is 15.3. The molecular formula is C13H19F3N4. The number of unbranched alkanes of at least 4 members (excludes halogenated alkanes) is 1. The van der Waals surface area contributed by atoms with Crippen LogP contribution in [0.1, 0.15) is 37.9 Å². The molecule has 0 saturated carbocycles. The van der Waals surface area contributed by atoms with E-state index in [2.05, 4.69) is 4.98 Å². The monoisotopic (exact) mass is 288 g/mol. The van der Waals surface area contributed by atoms with Gasteiger partial charge in [-0.3, -0.25) is 5.41 Å². The van der Waals surface area contributed by atoms with Gasteiger partial charge in [0.2, 0.25) is 0 Å². The van der Waals surface area contributed by atoms with Gasteiger partial charge in [0.15, 0.2) is 0 Å². The number of amidine groups is 1. The van der Waals surface area contributed by atoms with Gasteiger partial charge in [-0.2, -0.15) is 13.2 Å². The van der Waals surface area contributed by atoms with Gasteiger partial charge in [0.05, 0.1) is 5.56 Å². The van der Waals surface area contributed by atoms with E-state index in [1.165, 1.54) is 6.07 Å². The molecule has 1 rings (SSSR count). The highest BCUT2D eigenvalue weighted by Crippen LogP contribution is 2.30. The fraction of sp³-hybridized carbons (Fsp3) is 0.538. The van der Waals surface area contributed by atoms with Gasteiger partial charge in [-0.15, -0.1) is 0 Å². The Bertz CT molecular complexity index is 471. The first-order valence-corrected chi connectivity index (χ1v) is 6.48. The summed E-state index contributed by atoms with van der Waals surface area (Å²) >= 11 is 0. The Labute approximate surface area is 116 Å². The lowest BCUT2D eigenvalue weighted by Crippen LogP contribution is -2.29. The van der Waals surface area contributed by atoms with Gasteiger partial charge < -0.3 is 10.6 Å². The molecule has 0 aliphatic carbocycles. The molecule has 0 saturated heterocycles. The molecule has 4 nitrogen and oxygen atoms in total. The van der Waals surface area contributed by atoms with Crippen LogP contribution in [-0.2, 0) is 6.18 Å². The van der Waals surface area contributed by atoms with Crippen LogP contribution in [-0.4, -0.2) is 23.9 Å². The molecule has 0 aliphatic rings. The Kier molecular flexibility index (Phi) is 5.35. The Balaban J connectivity index is 3.26. The number of nitrogen functional groups attached to an aromatic ring is 1. The Morgan fingerprint density at radius 1 is 1.35 bits per heavy atom. The molecule has 0 unspecified atom stereocenters. The molecule has 20 heavy (non-hydrogen) atoms. The number of aromatic nitrogens is 1. The molecule has 0 bridgehead atoms. The molecule has 1 aromatic rings. The van der Waals surface area contributed by atoms with E-state index >= 15 is 0 Å². The van der Waals surface area contributed by atoms with E-state index in [-0.39, 0.29) is 17.2 Å². The number of anilines is 1. The summed E-state index contributed by atoms with van der Waals surface area (Å²) in [6.07, 6.45) is -2.75. The van der Waals surface area contributed by atoms with Crippen LogP contribution in [0.2, 0.25) is 0 Å². The van der Waals surface area contributed by atoms with E-state index in [4.69, 9.17) is 11.1 Å². The lowest BCUT2D eigenvalue weighted by Gasteiger charge is -2.25. The first-order chi connectivity index (χ1) is 9.31. The number of halogens is 3. The number of hydrogen-bond donors (Lipinski definition) is 2. The highest BCUT2D eigenvalue weighted by Gasteiger charge is 2.33. The van der Waals surface area contributed by atoms with Crippen molar-refractivity contribution >= 4 is 11.7 Å². The molecular weight excluding hydrogens is 269 g/mol. The summed E-state index contributed by atoms with van der Waals surface area (Å²) in [4.78, 5) is 5.39. The van der Waals surface area contributed by atoms with Crippen LogP contribution in [0, 0.1) is 5.41 Å². The van der Waals surface area contributed by atoms with Crippen LogP contribution in [0.5, 0.6) is 0 Å². The minimum Gasteiger partial charge on any atom is -0.384 e. The molecule has 1 aromatic heterocycles. The average Bonchev–Trinajstić information content (AvgIpc) is 2.38. The number of alkyl halides is 3. The summed E-state index contributed by atoms with van der Waals surface area (Å²) in [5.41, 5.74) is 4.70. The fourth-order valence-corrected chi connectivity index (χ4v) is 1.82. The third-order valence-corrected chi connectivity index (χ3v) is 2.92. The van der Waals surface area contributed by atoms with E-state index in [9.17, 15) is 13.2 Å². The maximum absolute atomic E-state index is 12.8. The van der Waals surface area contributed by atoms with Crippen molar-refractivity contribution in [3.05, 3.63) is 23.4 Å². The first-order valence-electron chi connectivity index (χ1n) is 6.48. The summed E-state index contributed by atoms with van der Waals surface area (Å²) in [6, 6.07) is 2.07. The molecule has 3 N–H and O–H groups in total. The van der Waals surface area contributed by atoms with Crippen LogP contribution in [0.4, 0.5) is 19.0 Å². The predicted molar refractivity (Wildman–Crippen MR) is 73.1 cm³/mol. The molecule has 1 heterocycles. The summed E-state index contributed by atoms with van der Waals surface area (Å²) in [5.74, 6) is -0.153. The van der Waals surface area contributed by atoms with Crippen molar-refractivity contribution in [2.24, 2.45) is 5.73 Å². The number of rotatable bonds is 6. The molecule has 0 atom stereocenters. The molecule has 7 heteroatoms. The summed E-state index contributed by atoms with van der Waals surface area (Å²) < 4.78 is 38.3. The fourth-order valence-electron chi connectivity index (χ4n) is 1.82. The van der Waals surface area contributed by atoms with Gasteiger partial charge in [-0.25, -0.2) is 4.98 Å². The number of pyridine rings is 1. The standard InChI is InChI=1S/C13H19F3N4/c1-3-5-8-20(4-2)12-9(11(17)18)6-7-10(19-12)13(14,15)16/h6-7H,3-5,8H2,1-2H3,(H3,17,18). The number of nitrogens with one attached hydrogen (secondary N) is 1. The minimum absolute atomic E-state index is 0.128. The van der Waals surface area contributed by atoms with Crippen molar-refractivity contribution in [1.82, 2.24) is 4.98 Å². The van der Waals surface area contributed by atoms with Gasteiger partial charge in [0, 0.05) is 13.1 Å². The zero-order valence-corrected chi connectivity index (χ0v) is 11.6. The first kappa shape index (κ1) is 16.3. The van der Waals surface area contributed by atoms with Crippen LogP contribution < -0.4 is 10.6 Å². The SMILES string of the molecule is CCCCN(CC)c1nc(C(F)(F)F)ccc1C(=N)N. The molecule has 0 aliphatic heterocycles. The smallest absolute Gasteiger partial charge is 0.384 e. The maximum atomic E-state index is 12.8. The van der Waals surface area contributed by atoms with E-state index in [0.29, 0.717) is 13.1 Å². The van der Waals surface area contributed by atoms with Crippen molar-refractivity contribution in [1.29, 1.82) is 5.41 Å². The molecule has 0 fully saturated rings. The third kappa shape index (κ3) is 3.85. The average molecular weight is 288 g/mol. The largest absolute Gasteiger partial charge is 0.433 e. The van der Waals surface area contributed by atoms with Gasteiger partial charge in [0.25, 0.3) is 0 Å². The van der Waals surface area contributed by atoms with Gasteiger partial charge in [-0.1, -0.05) is 13.3 Å². The molecule has 112 valence electrons. The Morgan fingerprint density at radius 2 is 2.00 bits per heavy atom.